The van der Waals surface area contributed by atoms with Crippen molar-refractivity contribution in [2.45, 2.75) is 20.0 Å². The first-order chi connectivity index (χ1) is 11.7. The second-order valence-electron chi connectivity index (χ2n) is 4.68. The van der Waals surface area contributed by atoms with Crippen molar-refractivity contribution in [2.75, 3.05) is 20.2 Å². The van der Waals surface area contributed by atoms with Crippen LogP contribution in [0.15, 0.2) is 12.1 Å². The molecule has 138 valence electrons. The predicted molar refractivity (Wildman–Crippen MR) is 80.1 cm³/mol. The number of hydrogen-bond donors (Lipinski definition) is 1. The quantitative estimate of drug-likeness (QED) is 0.528. The number of carbonyl (C=O) groups excluding carboxylic acids is 1. The number of methoxy groups -OCH3 is 1. The molecule has 1 amide bonds. The number of carboxylic acids is 1. The Hall–Kier alpha value is -2.98. The van der Waals surface area contributed by atoms with Crippen LogP contribution in [0.1, 0.15) is 23.7 Å². The maximum atomic E-state index is 12.5. The summed E-state index contributed by atoms with van der Waals surface area (Å²) in [5.41, 5.74) is -1.18. The van der Waals surface area contributed by atoms with Crippen molar-refractivity contribution in [2.24, 2.45) is 0 Å². The number of carboxylic acid groups (broad SMARTS) is 1. The van der Waals surface area contributed by atoms with E-state index in [1.54, 1.807) is 6.92 Å². The number of nitro groups is 1. The van der Waals surface area contributed by atoms with Crippen molar-refractivity contribution in [1.82, 2.24) is 4.90 Å². The van der Waals surface area contributed by atoms with Crippen molar-refractivity contribution in [3.63, 3.8) is 0 Å². The zero-order valence-corrected chi connectivity index (χ0v) is 13.4. The van der Waals surface area contributed by atoms with Crippen LogP contribution in [0, 0.1) is 10.1 Å². The molecule has 0 fully saturated rings. The molecule has 0 saturated carbocycles. The smallest absolute Gasteiger partial charge is 0.387 e. The number of benzene rings is 1. The number of aliphatic carboxylic acids is 1. The highest BCUT2D eigenvalue weighted by atomic mass is 19.3. The second kappa shape index (κ2) is 8.76. The van der Waals surface area contributed by atoms with Gasteiger partial charge in [-0.1, -0.05) is 0 Å². The lowest BCUT2D eigenvalue weighted by atomic mass is 10.1. The van der Waals surface area contributed by atoms with Crippen molar-refractivity contribution >= 4 is 17.6 Å². The molecule has 0 saturated heterocycles. The van der Waals surface area contributed by atoms with Gasteiger partial charge in [0.15, 0.2) is 11.5 Å². The van der Waals surface area contributed by atoms with Gasteiger partial charge >= 0.3 is 12.6 Å². The lowest BCUT2D eigenvalue weighted by Gasteiger charge is -2.20. The Balaban J connectivity index is 3.33. The monoisotopic (exact) mass is 362 g/mol. The predicted octanol–water partition coefficient (Wildman–Crippen LogP) is 2.14. The van der Waals surface area contributed by atoms with Crippen molar-refractivity contribution in [3.8, 4) is 11.5 Å². The van der Waals surface area contributed by atoms with Crippen LogP contribution in [-0.4, -0.2) is 53.6 Å². The lowest BCUT2D eigenvalue weighted by Crippen LogP contribution is -2.33. The van der Waals surface area contributed by atoms with Crippen LogP contribution in [-0.2, 0) is 4.79 Å². The number of rotatable bonds is 9. The summed E-state index contributed by atoms with van der Waals surface area (Å²) in [5, 5.41) is 19.9. The van der Waals surface area contributed by atoms with E-state index in [9.17, 15) is 28.5 Å². The summed E-state index contributed by atoms with van der Waals surface area (Å²) in [7, 11) is 1.12. The summed E-state index contributed by atoms with van der Waals surface area (Å²) in [5.74, 6) is -2.84. The molecule has 11 heteroatoms. The van der Waals surface area contributed by atoms with Gasteiger partial charge in [-0.3, -0.25) is 19.7 Å². The summed E-state index contributed by atoms with van der Waals surface area (Å²) in [4.78, 5) is 34.5. The van der Waals surface area contributed by atoms with Crippen LogP contribution >= 0.6 is 0 Å². The fourth-order valence-electron chi connectivity index (χ4n) is 2.02. The molecule has 1 aromatic carbocycles. The first-order valence-corrected chi connectivity index (χ1v) is 7.03. The molecule has 1 aromatic rings. The summed E-state index contributed by atoms with van der Waals surface area (Å²) in [6.07, 6.45) is -0.350. The van der Waals surface area contributed by atoms with E-state index in [1.807, 2.05) is 0 Å². The highest BCUT2D eigenvalue weighted by Gasteiger charge is 2.28. The van der Waals surface area contributed by atoms with Gasteiger partial charge in [-0.05, 0) is 6.92 Å². The van der Waals surface area contributed by atoms with Gasteiger partial charge in [0.2, 0.25) is 0 Å². The van der Waals surface area contributed by atoms with Gasteiger partial charge in [-0.2, -0.15) is 8.78 Å². The molecule has 0 spiro atoms. The Morgan fingerprint density at radius 2 is 2.00 bits per heavy atom. The van der Waals surface area contributed by atoms with Crippen molar-refractivity contribution < 1.29 is 37.9 Å². The molecule has 0 aliphatic heterocycles. The number of ether oxygens (including phenoxy) is 2. The first kappa shape index (κ1) is 20.1. The summed E-state index contributed by atoms with van der Waals surface area (Å²) < 4.78 is 33.8. The molecular weight excluding hydrogens is 346 g/mol. The van der Waals surface area contributed by atoms with Gasteiger partial charge in [-0.25, -0.2) is 0 Å². The van der Waals surface area contributed by atoms with Crippen molar-refractivity contribution in [1.29, 1.82) is 0 Å². The Morgan fingerprint density at radius 3 is 2.44 bits per heavy atom. The van der Waals surface area contributed by atoms with Gasteiger partial charge in [0, 0.05) is 19.2 Å². The Kier molecular flexibility index (Phi) is 7.03. The van der Waals surface area contributed by atoms with Crippen LogP contribution in [0.4, 0.5) is 14.5 Å². The number of alkyl halides is 2. The van der Waals surface area contributed by atoms with E-state index < -0.39 is 40.4 Å². The standard InChI is InChI=1S/C14H16F2N2O7/c1-3-17(5-4-12(19)20)13(21)8-6-10(24-2)11(25-14(15)16)7-9(8)18(22)23/h6-7,14H,3-5H2,1-2H3,(H,19,20). The average molecular weight is 362 g/mol. The minimum Gasteiger partial charge on any atom is -0.493 e. The minimum atomic E-state index is -3.24. The molecular formula is C14H16F2N2O7. The Bertz CT molecular complexity index is 667. The van der Waals surface area contributed by atoms with Gasteiger partial charge in [0.25, 0.3) is 11.6 Å². The number of hydrogen-bond acceptors (Lipinski definition) is 6. The highest BCUT2D eigenvalue weighted by molar-refractivity contribution is 5.99. The zero-order valence-electron chi connectivity index (χ0n) is 13.4. The third kappa shape index (κ3) is 5.26. The molecule has 0 aromatic heterocycles. The maximum absolute atomic E-state index is 12.5. The van der Waals surface area contributed by atoms with E-state index in [0.29, 0.717) is 6.07 Å². The fraction of sp³-hybridized carbons (Fsp3) is 0.429. The van der Waals surface area contributed by atoms with Gasteiger partial charge in [-0.15, -0.1) is 0 Å². The summed E-state index contributed by atoms with van der Waals surface area (Å²) in [6, 6.07) is 1.59. The molecule has 25 heavy (non-hydrogen) atoms. The molecule has 0 bridgehead atoms. The topological polar surface area (TPSA) is 119 Å². The Labute approximate surface area is 140 Å². The number of carbonyl (C=O) groups is 2. The zero-order chi connectivity index (χ0) is 19.1. The van der Waals surface area contributed by atoms with Crippen LogP contribution < -0.4 is 9.47 Å². The summed E-state index contributed by atoms with van der Waals surface area (Å²) >= 11 is 0. The van der Waals surface area contributed by atoms with Crippen LogP contribution in [0.3, 0.4) is 0 Å². The van der Waals surface area contributed by atoms with Gasteiger partial charge in [0.1, 0.15) is 5.56 Å². The number of amides is 1. The van der Waals surface area contributed by atoms with Gasteiger partial charge in [0.05, 0.1) is 24.5 Å². The normalized spacial score (nSPS) is 10.4. The Morgan fingerprint density at radius 1 is 1.36 bits per heavy atom. The third-order valence-electron chi connectivity index (χ3n) is 3.19. The van der Waals surface area contributed by atoms with Crippen LogP contribution in [0.2, 0.25) is 0 Å². The van der Waals surface area contributed by atoms with Crippen molar-refractivity contribution in [3.05, 3.63) is 27.8 Å². The van der Waals surface area contributed by atoms with Crippen LogP contribution in [0.5, 0.6) is 11.5 Å². The minimum absolute atomic E-state index is 0.0981. The molecule has 0 radical (unpaired) electrons. The molecule has 0 aliphatic carbocycles. The largest absolute Gasteiger partial charge is 0.493 e. The summed E-state index contributed by atoms with van der Waals surface area (Å²) in [6.45, 7) is -1.74. The molecule has 1 N–H and O–H groups in total. The van der Waals surface area contributed by atoms with E-state index >= 15 is 0 Å². The number of nitro benzene ring substituents is 1. The molecule has 9 nitrogen and oxygen atoms in total. The molecule has 0 heterocycles. The van der Waals surface area contributed by atoms with E-state index in [-0.39, 0.29) is 25.3 Å². The number of halogens is 2. The molecule has 1 rings (SSSR count). The average Bonchev–Trinajstić information content (AvgIpc) is 2.53. The molecule has 0 aliphatic rings. The SMILES string of the molecule is CCN(CCC(=O)O)C(=O)c1cc(OC)c(OC(F)F)cc1[N+](=O)[O-]. The second-order valence-corrected chi connectivity index (χ2v) is 4.68. The van der Waals surface area contributed by atoms with Gasteiger partial charge < -0.3 is 19.5 Å². The van der Waals surface area contributed by atoms with E-state index in [2.05, 4.69) is 4.74 Å². The van der Waals surface area contributed by atoms with E-state index in [4.69, 9.17) is 9.84 Å². The molecule has 0 atom stereocenters. The fourth-order valence-corrected chi connectivity index (χ4v) is 2.02. The van der Waals surface area contributed by atoms with E-state index in [1.165, 1.54) is 0 Å². The molecule has 0 unspecified atom stereocenters. The first-order valence-electron chi connectivity index (χ1n) is 7.03. The lowest BCUT2D eigenvalue weighted by molar-refractivity contribution is -0.385. The maximum Gasteiger partial charge on any atom is 0.387 e. The van der Waals surface area contributed by atoms with E-state index in [0.717, 1.165) is 18.1 Å². The highest BCUT2D eigenvalue weighted by Crippen LogP contribution is 2.36. The van der Waals surface area contributed by atoms with Crippen LogP contribution in [0.25, 0.3) is 0 Å². The third-order valence-corrected chi connectivity index (χ3v) is 3.19. The number of nitrogens with zero attached hydrogens (tertiary/aromatic N) is 2.